The van der Waals surface area contributed by atoms with Crippen molar-refractivity contribution in [2.75, 3.05) is 24.9 Å². The highest BCUT2D eigenvalue weighted by Gasteiger charge is 2.38. The molecule has 3 aromatic rings. The Labute approximate surface area is 172 Å². The van der Waals surface area contributed by atoms with E-state index in [1.54, 1.807) is 26.5 Å². The molecule has 9 nitrogen and oxygen atoms in total. The highest BCUT2D eigenvalue weighted by atomic mass is 16.6. The van der Waals surface area contributed by atoms with Gasteiger partial charge >= 0.3 is 0 Å². The van der Waals surface area contributed by atoms with Gasteiger partial charge in [-0.15, -0.1) is 0 Å². The van der Waals surface area contributed by atoms with E-state index in [-0.39, 0.29) is 11.7 Å². The number of ketones is 1. The van der Waals surface area contributed by atoms with Gasteiger partial charge < -0.3 is 24.5 Å². The normalized spacial score (nSPS) is 20.5. The van der Waals surface area contributed by atoms with Crippen LogP contribution >= 0.6 is 0 Å². The lowest BCUT2D eigenvalue weighted by Crippen LogP contribution is -2.27. The maximum absolute atomic E-state index is 13.3. The third-order valence-corrected chi connectivity index (χ3v) is 5.49. The maximum atomic E-state index is 13.3. The second kappa shape index (κ2) is 7.25. The summed E-state index contributed by atoms with van der Waals surface area (Å²) >= 11 is 0. The lowest BCUT2D eigenvalue weighted by molar-refractivity contribution is -0.116. The Hall–Kier alpha value is -3.75. The first-order valence-corrected chi connectivity index (χ1v) is 9.55. The van der Waals surface area contributed by atoms with Crippen LogP contribution in [0.25, 0.3) is 0 Å². The number of anilines is 2. The first-order chi connectivity index (χ1) is 14.7. The molecule has 0 spiro atoms. The Morgan fingerprint density at radius 3 is 2.53 bits per heavy atom. The monoisotopic (exact) mass is 408 g/mol. The van der Waals surface area contributed by atoms with Gasteiger partial charge in [0.05, 0.1) is 26.5 Å². The molecule has 2 aromatic heterocycles. The zero-order chi connectivity index (χ0) is 20.7. The third kappa shape index (κ3) is 3.08. The topological polar surface area (TPSA) is 112 Å². The van der Waals surface area contributed by atoms with E-state index in [1.165, 1.54) is 0 Å². The smallest absolute Gasteiger partial charge is 0.219 e. The van der Waals surface area contributed by atoms with Crippen molar-refractivity contribution in [3.8, 4) is 11.5 Å². The molecule has 0 fully saturated rings. The predicted molar refractivity (Wildman–Crippen MR) is 107 cm³/mol. The number of allylic oxidation sites excluding steroid dienone is 1. The minimum Gasteiger partial charge on any atom is -0.497 e. The lowest BCUT2D eigenvalue weighted by Gasteiger charge is -2.28. The number of furan rings is 1. The lowest BCUT2D eigenvalue weighted by atomic mass is 9.80. The summed E-state index contributed by atoms with van der Waals surface area (Å²) in [7, 11) is 3.18. The van der Waals surface area contributed by atoms with E-state index < -0.39 is 6.04 Å². The van der Waals surface area contributed by atoms with Crippen molar-refractivity contribution in [2.45, 2.75) is 24.8 Å². The van der Waals surface area contributed by atoms with Gasteiger partial charge in [-0.1, -0.05) is 0 Å². The molecule has 1 aliphatic heterocycles. The van der Waals surface area contributed by atoms with E-state index in [9.17, 15) is 4.79 Å². The molecule has 1 aromatic carbocycles. The molecular formula is C21H20N4O5. The maximum Gasteiger partial charge on any atom is 0.219 e. The highest BCUT2D eigenvalue weighted by molar-refractivity contribution is 6.00. The number of hydrogen-bond donors (Lipinski definition) is 2. The van der Waals surface area contributed by atoms with Crippen molar-refractivity contribution >= 4 is 17.4 Å². The number of hydrogen-bond acceptors (Lipinski definition) is 9. The fraction of sp³-hybridized carbons (Fsp3) is 0.286. The molecule has 2 atom stereocenters. The number of benzene rings is 1. The van der Waals surface area contributed by atoms with Crippen molar-refractivity contribution in [1.82, 2.24) is 10.3 Å². The first-order valence-electron chi connectivity index (χ1n) is 9.55. The van der Waals surface area contributed by atoms with Crippen LogP contribution in [0.1, 0.15) is 36.1 Å². The van der Waals surface area contributed by atoms with Gasteiger partial charge in [-0.05, 0) is 46.6 Å². The van der Waals surface area contributed by atoms with Crippen LogP contribution < -0.4 is 20.1 Å². The van der Waals surface area contributed by atoms with Gasteiger partial charge in [0, 0.05) is 29.7 Å². The largest absolute Gasteiger partial charge is 0.497 e. The fourth-order valence-electron chi connectivity index (χ4n) is 4.07. The Bertz CT molecular complexity index is 1100. The summed E-state index contributed by atoms with van der Waals surface area (Å²) in [5.41, 5.74) is 2.20. The average molecular weight is 408 g/mol. The van der Waals surface area contributed by atoms with E-state index in [0.717, 1.165) is 17.0 Å². The molecule has 2 aliphatic rings. The number of carbonyl (C=O) groups excluding carboxylic acids is 1. The number of methoxy groups -OCH3 is 2. The summed E-state index contributed by atoms with van der Waals surface area (Å²) in [6.07, 6.45) is 2.57. The predicted octanol–water partition coefficient (Wildman–Crippen LogP) is 3.66. The van der Waals surface area contributed by atoms with Crippen LogP contribution in [0, 0.1) is 0 Å². The van der Waals surface area contributed by atoms with Crippen LogP contribution in [0.4, 0.5) is 11.6 Å². The summed E-state index contributed by atoms with van der Waals surface area (Å²) in [5, 5.41) is 14.4. The Kier molecular flexibility index (Phi) is 4.42. The van der Waals surface area contributed by atoms with Gasteiger partial charge in [0.1, 0.15) is 17.3 Å². The molecule has 3 heterocycles. The molecule has 9 heteroatoms. The number of nitrogens with zero attached hydrogens (tertiary/aromatic N) is 2. The first kappa shape index (κ1) is 18.3. The van der Waals surface area contributed by atoms with Crippen molar-refractivity contribution in [3.63, 3.8) is 0 Å². The second-order valence-electron chi connectivity index (χ2n) is 7.25. The molecule has 0 saturated heterocycles. The van der Waals surface area contributed by atoms with Crippen LogP contribution in [0.3, 0.4) is 0 Å². The number of carbonyl (C=O) groups is 1. The summed E-state index contributed by atoms with van der Waals surface area (Å²) < 4.78 is 21.3. The molecular weight excluding hydrogens is 388 g/mol. The number of Topliss-reactive ketones (excluding diaryl/α,β-unsaturated/α-hetero) is 1. The summed E-state index contributed by atoms with van der Waals surface area (Å²) in [4.78, 5) is 13.3. The molecule has 0 bridgehead atoms. The standard InChI is InChI=1S/C21H20N4O5/c1-27-13-6-12(7-14(10-13)28-2)19-18-15(22-20-21(23-19)25-30-24-20)8-11(9-16(18)26)17-4-3-5-29-17/h3-7,10-11,19H,8-9H2,1-2H3,(H,22,24)(H,23,25)/t11-,19+/m0/s1. The van der Waals surface area contributed by atoms with E-state index in [0.29, 0.717) is 41.5 Å². The summed E-state index contributed by atoms with van der Waals surface area (Å²) in [5.74, 6) is 2.87. The van der Waals surface area contributed by atoms with Crippen LogP contribution in [0.2, 0.25) is 0 Å². The van der Waals surface area contributed by atoms with Gasteiger partial charge in [0.2, 0.25) is 11.6 Å². The van der Waals surface area contributed by atoms with E-state index >= 15 is 0 Å². The SMILES string of the molecule is COc1cc(OC)cc([C@H]2Nc3nonc3NC3=C2C(=O)C[C@@H](c2ccco2)C3)c1. The van der Waals surface area contributed by atoms with Crippen LogP contribution in [-0.2, 0) is 4.79 Å². The average Bonchev–Trinajstić information content (AvgIpc) is 3.42. The highest BCUT2D eigenvalue weighted by Crippen LogP contribution is 2.44. The van der Waals surface area contributed by atoms with Gasteiger partial charge in [-0.3, -0.25) is 4.79 Å². The fourth-order valence-corrected chi connectivity index (χ4v) is 4.07. The Morgan fingerprint density at radius 1 is 1.07 bits per heavy atom. The molecule has 30 heavy (non-hydrogen) atoms. The third-order valence-electron chi connectivity index (χ3n) is 5.49. The number of fused-ring (bicyclic) bond motifs is 1. The van der Waals surface area contributed by atoms with Crippen LogP contribution in [0.15, 0.2) is 56.9 Å². The van der Waals surface area contributed by atoms with E-state index in [1.807, 2.05) is 24.3 Å². The number of aromatic nitrogens is 2. The quantitative estimate of drug-likeness (QED) is 0.668. The van der Waals surface area contributed by atoms with Gasteiger partial charge in [-0.25, -0.2) is 4.63 Å². The van der Waals surface area contributed by atoms with Crippen molar-refractivity contribution in [2.24, 2.45) is 0 Å². The summed E-state index contributed by atoms with van der Waals surface area (Å²) in [6, 6.07) is 8.77. The van der Waals surface area contributed by atoms with Crippen LogP contribution in [-0.4, -0.2) is 30.3 Å². The van der Waals surface area contributed by atoms with E-state index in [4.69, 9.17) is 18.5 Å². The number of ether oxygens (including phenoxy) is 2. The van der Waals surface area contributed by atoms with Gasteiger partial charge in [-0.2, -0.15) is 0 Å². The molecule has 2 N–H and O–H groups in total. The second-order valence-corrected chi connectivity index (χ2v) is 7.25. The molecule has 0 saturated carbocycles. The number of rotatable bonds is 4. The molecule has 5 rings (SSSR count). The number of nitrogens with one attached hydrogen (secondary N) is 2. The van der Waals surface area contributed by atoms with Gasteiger partial charge in [0.25, 0.3) is 0 Å². The van der Waals surface area contributed by atoms with Crippen LogP contribution in [0.5, 0.6) is 11.5 Å². The van der Waals surface area contributed by atoms with E-state index in [2.05, 4.69) is 20.9 Å². The Morgan fingerprint density at radius 2 is 1.83 bits per heavy atom. The molecule has 1 aliphatic carbocycles. The minimum absolute atomic E-state index is 0.0199. The molecule has 154 valence electrons. The summed E-state index contributed by atoms with van der Waals surface area (Å²) in [6.45, 7) is 0. The molecule has 0 unspecified atom stereocenters. The molecule has 0 amide bonds. The van der Waals surface area contributed by atoms with Crippen molar-refractivity contribution in [3.05, 3.63) is 59.2 Å². The van der Waals surface area contributed by atoms with Gasteiger partial charge in [0.15, 0.2) is 5.78 Å². The van der Waals surface area contributed by atoms with Crippen molar-refractivity contribution in [1.29, 1.82) is 0 Å². The van der Waals surface area contributed by atoms with Crippen molar-refractivity contribution < 1.29 is 23.3 Å². The Balaban J connectivity index is 1.63. The zero-order valence-electron chi connectivity index (χ0n) is 16.5. The minimum atomic E-state index is -0.477. The molecule has 0 radical (unpaired) electrons. The zero-order valence-corrected chi connectivity index (χ0v) is 16.5.